The molecule has 0 unspecified atom stereocenters. The van der Waals surface area contributed by atoms with Crippen LogP contribution in [0, 0.1) is 5.92 Å². The largest absolute Gasteiger partial charge is 0.411 e. The van der Waals surface area contributed by atoms with Crippen molar-refractivity contribution in [2.75, 3.05) is 26.3 Å². The Bertz CT molecular complexity index is 158. The summed E-state index contributed by atoms with van der Waals surface area (Å²) in [5, 5.41) is 3.22. The molecule has 0 saturated carbocycles. The lowest BCUT2D eigenvalue weighted by molar-refractivity contribution is -0.173. The van der Waals surface area contributed by atoms with Crippen LogP contribution < -0.4 is 5.32 Å². The number of hydrogen-bond acceptors (Lipinski definition) is 2. The van der Waals surface area contributed by atoms with E-state index in [9.17, 15) is 13.2 Å². The number of nitrogens with one attached hydrogen (secondary N) is 1. The summed E-state index contributed by atoms with van der Waals surface area (Å²) in [5.41, 5.74) is 0. The van der Waals surface area contributed by atoms with E-state index in [-0.39, 0.29) is 6.61 Å². The average Bonchev–Trinajstić information content (AvgIpc) is 2.21. The summed E-state index contributed by atoms with van der Waals surface area (Å²) in [6.45, 7) is 4.96. The predicted molar refractivity (Wildman–Crippen MR) is 58.4 cm³/mol. The van der Waals surface area contributed by atoms with Crippen LogP contribution in [-0.4, -0.2) is 32.5 Å². The minimum Gasteiger partial charge on any atom is -0.372 e. The first-order chi connectivity index (χ1) is 7.49. The Morgan fingerprint density at radius 3 is 2.31 bits per heavy atom. The van der Waals surface area contributed by atoms with Gasteiger partial charge in [-0.3, -0.25) is 0 Å². The molecule has 98 valence electrons. The van der Waals surface area contributed by atoms with Crippen LogP contribution >= 0.6 is 0 Å². The van der Waals surface area contributed by atoms with E-state index in [0.717, 1.165) is 19.4 Å². The Morgan fingerprint density at radius 2 is 1.81 bits per heavy atom. The third-order valence-electron chi connectivity index (χ3n) is 2.50. The minimum atomic E-state index is -4.21. The van der Waals surface area contributed by atoms with Crippen LogP contribution in [-0.2, 0) is 4.74 Å². The van der Waals surface area contributed by atoms with E-state index in [4.69, 9.17) is 0 Å². The lowest BCUT2D eigenvalue weighted by Gasteiger charge is -2.13. The molecule has 0 aromatic rings. The molecule has 0 fully saturated rings. The van der Waals surface area contributed by atoms with Crippen molar-refractivity contribution < 1.29 is 17.9 Å². The monoisotopic (exact) mass is 241 g/mol. The fraction of sp³-hybridized carbons (Fsp3) is 1.00. The zero-order chi connectivity index (χ0) is 12.4. The number of hydrogen-bond donors (Lipinski definition) is 1. The van der Waals surface area contributed by atoms with Gasteiger partial charge in [0.15, 0.2) is 0 Å². The molecule has 0 radical (unpaired) electrons. The van der Waals surface area contributed by atoms with Crippen molar-refractivity contribution in [1.82, 2.24) is 5.32 Å². The smallest absolute Gasteiger partial charge is 0.372 e. The van der Waals surface area contributed by atoms with Crippen molar-refractivity contribution in [3.8, 4) is 0 Å². The molecular weight excluding hydrogens is 219 g/mol. The first kappa shape index (κ1) is 15.7. The zero-order valence-electron chi connectivity index (χ0n) is 10.1. The highest BCUT2D eigenvalue weighted by Gasteiger charge is 2.27. The topological polar surface area (TPSA) is 21.3 Å². The van der Waals surface area contributed by atoms with E-state index in [2.05, 4.69) is 23.9 Å². The predicted octanol–water partition coefficient (Wildman–Crippen LogP) is 2.98. The Kier molecular flexibility index (Phi) is 8.66. The van der Waals surface area contributed by atoms with Crippen LogP contribution in [0.4, 0.5) is 13.2 Å². The molecule has 0 spiro atoms. The normalized spacial score (nSPS) is 12.4. The van der Waals surface area contributed by atoms with Crippen LogP contribution in [0.2, 0.25) is 0 Å². The summed E-state index contributed by atoms with van der Waals surface area (Å²) in [6.07, 6.45) is -1.32. The van der Waals surface area contributed by atoms with Crippen molar-refractivity contribution in [3.05, 3.63) is 0 Å². The Balaban J connectivity index is 3.21. The molecule has 0 aliphatic rings. The van der Waals surface area contributed by atoms with E-state index in [1.54, 1.807) is 0 Å². The van der Waals surface area contributed by atoms with Gasteiger partial charge in [0.1, 0.15) is 6.61 Å². The maximum Gasteiger partial charge on any atom is 0.411 e. The number of ether oxygens (including phenoxy) is 1. The summed E-state index contributed by atoms with van der Waals surface area (Å²) in [7, 11) is 0. The van der Waals surface area contributed by atoms with Crippen LogP contribution in [0.5, 0.6) is 0 Å². The number of rotatable bonds is 9. The SMILES string of the molecule is CCC(CC)CNCCCOCC(F)(F)F. The molecule has 0 rings (SSSR count). The Hall–Kier alpha value is -0.290. The maximum atomic E-state index is 11.7. The summed E-state index contributed by atoms with van der Waals surface area (Å²) in [6, 6.07) is 0. The van der Waals surface area contributed by atoms with Gasteiger partial charge < -0.3 is 10.1 Å². The van der Waals surface area contributed by atoms with Crippen molar-refractivity contribution in [2.45, 2.75) is 39.3 Å². The highest BCUT2D eigenvalue weighted by atomic mass is 19.4. The Labute approximate surface area is 95.5 Å². The standard InChI is InChI=1S/C11H22F3NO/c1-3-10(4-2)8-15-6-5-7-16-9-11(12,13)14/h10,15H,3-9H2,1-2H3. The van der Waals surface area contributed by atoms with Gasteiger partial charge in [0.25, 0.3) is 0 Å². The lowest BCUT2D eigenvalue weighted by Crippen LogP contribution is -2.24. The zero-order valence-corrected chi connectivity index (χ0v) is 10.1. The summed E-state index contributed by atoms with van der Waals surface area (Å²) in [5.74, 6) is 0.663. The highest BCUT2D eigenvalue weighted by Crippen LogP contribution is 2.14. The van der Waals surface area contributed by atoms with E-state index < -0.39 is 12.8 Å². The van der Waals surface area contributed by atoms with Gasteiger partial charge in [-0.1, -0.05) is 26.7 Å². The molecule has 5 heteroatoms. The average molecular weight is 241 g/mol. The summed E-state index contributed by atoms with van der Waals surface area (Å²) < 4.78 is 39.6. The van der Waals surface area contributed by atoms with Gasteiger partial charge in [0, 0.05) is 6.61 Å². The minimum absolute atomic E-state index is 0.162. The maximum absolute atomic E-state index is 11.7. The summed E-state index contributed by atoms with van der Waals surface area (Å²) >= 11 is 0. The molecule has 0 aromatic carbocycles. The quantitative estimate of drug-likeness (QED) is 0.627. The molecule has 0 aromatic heterocycles. The second kappa shape index (κ2) is 8.82. The first-order valence-corrected chi connectivity index (χ1v) is 5.84. The van der Waals surface area contributed by atoms with E-state index >= 15 is 0 Å². The van der Waals surface area contributed by atoms with Crippen LogP contribution in [0.25, 0.3) is 0 Å². The van der Waals surface area contributed by atoms with E-state index in [0.29, 0.717) is 18.9 Å². The first-order valence-electron chi connectivity index (χ1n) is 5.84. The fourth-order valence-electron chi connectivity index (χ4n) is 1.37. The van der Waals surface area contributed by atoms with Gasteiger partial charge in [-0.25, -0.2) is 0 Å². The van der Waals surface area contributed by atoms with Gasteiger partial charge in [-0.15, -0.1) is 0 Å². The highest BCUT2D eigenvalue weighted by molar-refractivity contribution is 4.58. The molecule has 0 atom stereocenters. The van der Waals surface area contributed by atoms with Gasteiger partial charge >= 0.3 is 6.18 Å². The molecule has 0 aliphatic carbocycles. The van der Waals surface area contributed by atoms with Crippen LogP contribution in [0.3, 0.4) is 0 Å². The molecule has 16 heavy (non-hydrogen) atoms. The number of alkyl halides is 3. The van der Waals surface area contributed by atoms with Crippen LogP contribution in [0.1, 0.15) is 33.1 Å². The van der Waals surface area contributed by atoms with Crippen molar-refractivity contribution >= 4 is 0 Å². The van der Waals surface area contributed by atoms with Gasteiger partial charge in [0.2, 0.25) is 0 Å². The van der Waals surface area contributed by atoms with E-state index in [1.807, 2.05) is 0 Å². The fourth-order valence-corrected chi connectivity index (χ4v) is 1.37. The molecule has 1 N–H and O–H groups in total. The molecule has 0 aliphatic heterocycles. The molecule has 0 bridgehead atoms. The number of halogens is 3. The third kappa shape index (κ3) is 10.2. The third-order valence-corrected chi connectivity index (χ3v) is 2.50. The molecule has 0 saturated heterocycles. The van der Waals surface area contributed by atoms with Crippen molar-refractivity contribution in [1.29, 1.82) is 0 Å². The molecule has 0 amide bonds. The van der Waals surface area contributed by atoms with Crippen LogP contribution in [0.15, 0.2) is 0 Å². The molecule has 0 heterocycles. The van der Waals surface area contributed by atoms with Gasteiger partial charge in [-0.2, -0.15) is 13.2 Å². The van der Waals surface area contributed by atoms with Crippen molar-refractivity contribution in [3.63, 3.8) is 0 Å². The van der Waals surface area contributed by atoms with Gasteiger partial charge in [0.05, 0.1) is 0 Å². The van der Waals surface area contributed by atoms with E-state index in [1.165, 1.54) is 0 Å². The second-order valence-electron chi connectivity index (χ2n) is 3.91. The second-order valence-corrected chi connectivity index (χ2v) is 3.91. The Morgan fingerprint density at radius 1 is 1.19 bits per heavy atom. The summed E-state index contributed by atoms with van der Waals surface area (Å²) in [4.78, 5) is 0. The molecular formula is C11H22F3NO. The van der Waals surface area contributed by atoms with Gasteiger partial charge in [-0.05, 0) is 25.4 Å². The van der Waals surface area contributed by atoms with Crippen molar-refractivity contribution in [2.24, 2.45) is 5.92 Å². The molecule has 2 nitrogen and oxygen atoms in total. The lowest BCUT2D eigenvalue weighted by atomic mass is 10.0.